The van der Waals surface area contributed by atoms with E-state index in [0.717, 1.165) is 0 Å². The van der Waals surface area contributed by atoms with Crippen LogP contribution in [0, 0.1) is 5.92 Å². The second-order valence-corrected chi connectivity index (χ2v) is 4.50. The Morgan fingerprint density at radius 1 is 1.28 bits per heavy atom. The fourth-order valence-electron chi connectivity index (χ4n) is 1.55. The third kappa shape index (κ3) is 2.61. The quantitative estimate of drug-likeness (QED) is 0.646. The fourth-order valence-corrected chi connectivity index (χ4v) is 1.55. The summed E-state index contributed by atoms with van der Waals surface area (Å²) in [5, 5.41) is 2.59. The van der Waals surface area contributed by atoms with Crippen molar-refractivity contribution in [2.45, 2.75) is 13.8 Å². The molecule has 1 aliphatic rings. The summed E-state index contributed by atoms with van der Waals surface area (Å²) in [7, 11) is 0. The number of Topliss-reactive ketones (excluding diaryl/α,β-unsaturated/α-hetero) is 1. The van der Waals surface area contributed by atoms with E-state index in [-0.39, 0.29) is 6.79 Å². The molecule has 1 amide bonds. The van der Waals surface area contributed by atoms with Crippen LogP contribution in [0.25, 0.3) is 0 Å². The van der Waals surface area contributed by atoms with Gasteiger partial charge in [0.15, 0.2) is 11.5 Å². The van der Waals surface area contributed by atoms with Gasteiger partial charge in [0.05, 0.1) is 0 Å². The van der Waals surface area contributed by atoms with E-state index >= 15 is 0 Å². The zero-order valence-corrected chi connectivity index (χ0v) is 10.4. The molecule has 1 N–H and O–H groups in total. The lowest BCUT2D eigenvalue weighted by Crippen LogP contribution is -2.33. The Balaban J connectivity index is 2.07. The van der Waals surface area contributed by atoms with Crippen molar-refractivity contribution in [3.05, 3.63) is 23.8 Å². The zero-order chi connectivity index (χ0) is 13.1. The van der Waals surface area contributed by atoms with Crippen LogP contribution >= 0.6 is 0 Å². The van der Waals surface area contributed by atoms with Gasteiger partial charge in [0.2, 0.25) is 12.6 Å². The maximum Gasteiger partial charge on any atom is 0.292 e. The standard InChI is InChI=1S/C13H15NO4/c1-8(2)6-14-13(16)12(15)9-3-4-10-11(5-9)18-7-17-10/h3-5,8H,6-7H2,1-2H3,(H,14,16). The second kappa shape index (κ2) is 5.08. The van der Waals surface area contributed by atoms with E-state index in [9.17, 15) is 9.59 Å². The van der Waals surface area contributed by atoms with Crippen molar-refractivity contribution in [2.24, 2.45) is 5.92 Å². The van der Waals surface area contributed by atoms with Crippen LogP contribution in [-0.4, -0.2) is 25.0 Å². The number of benzene rings is 1. The van der Waals surface area contributed by atoms with E-state index in [0.29, 0.717) is 29.5 Å². The highest BCUT2D eigenvalue weighted by atomic mass is 16.7. The van der Waals surface area contributed by atoms with Crippen LogP contribution in [0.15, 0.2) is 18.2 Å². The molecular weight excluding hydrogens is 234 g/mol. The Kier molecular flexibility index (Phi) is 3.50. The summed E-state index contributed by atoms with van der Waals surface area (Å²) >= 11 is 0. The Morgan fingerprint density at radius 2 is 2.00 bits per heavy atom. The molecule has 0 saturated carbocycles. The van der Waals surface area contributed by atoms with Crippen molar-refractivity contribution in [1.82, 2.24) is 5.32 Å². The van der Waals surface area contributed by atoms with Crippen LogP contribution in [0.3, 0.4) is 0 Å². The van der Waals surface area contributed by atoms with E-state index < -0.39 is 11.7 Å². The lowest BCUT2D eigenvalue weighted by atomic mass is 10.1. The van der Waals surface area contributed by atoms with Gasteiger partial charge in [-0.1, -0.05) is 13.8 Å². The molecule has 0 aliphatic carbocycles. The summed E-state index contributed by atoms with van der Waals surface area (Å²) in [5.41, 5.74) is 0.306. The normalized spacial score (nSPS) is 12.6. The van der Waals surface area contributed by atoms with Gasteiger partial charge in [-0.3, -0.25) is 9.59 Å². The smallest absolute Gasteiger partial charge is 0.292 e. The minimum absolute atomic E-state index is 0.145. The molecule has 5 nitrogen and oxygen atoms in total. The van der Waals surface area contributed by atoms with Gasteiger partial charge in [-0.05, 0) is 24.1 Å². The molecule has 0 bridgehead atoms. The van der Waals surface area contributed by atoms with E-state index in [1.165, 1.54) is 6.07 Å². The average Bonchev–Trinajstić information content (AvgIpc) is 2.81. The molecule has 0 saturated heterocycles. The van der Waals surface area contributed by atoms with E-state index in [4.69, 9.17) is 9.47 Å². The number of hydrogen-bond donors (Lipinski definition) is 1. The third-order valence-corrected chi connectivity index (χ3v) is 2.51. The first kappa shape index (κ1) is 12.4. The number of fused-ring (bicyclic) bond motifs is 1. The third-order valence-electron chi connectivity index (χ3n) is 2.51. The lowest BCUT2D eigenvalue weighted by molar-refractivity contribution is -0.117. The summed E-state index contributed by atoms with van der Waals surface area (Å²) in [4.78, 5) is 23.5. The molecule has 2 rings (SSSR count). The lowest BCUT2D eigenvalue weighted by Gasteiger charge is -2.07. The maximum absolute atomic E-state index is 11.8. The molecule has 96 valence electrons. The Hall–Kier alpha value is -2.04. The number of ketones is 1. The van der Waals surface area contributed by atoms with Gasteiger partial charge in [-0.15, -0.1) is 0 Å². The monoisotopic (exact) mass is 249 g/mol. The van der Waals surface area contributed by atoms with Crippen molar-refractivity contribution in [3.8, 4) is 11.5 Å². The van der Waals surface area contributed by atoms with Crippen LogP contribution in [0.1, 0.15) is 24.2 Å². The molecule has 1 aromatic rings. The highest BCUT2D eigenvalue weighted by Crippen LogP contribution is 2.32. The average molecular weight is 249 g/mol. The van der Waals surface area contributed by atoms with Crippen LogP contribution in [0.5, 0.6) is 11.5 Å². The molecule has 1 heterocycles. The number of carbonyl (C=O) groups is 2. The van der Waals surface area contributed by atoms with Gasteiger partial charge < -0.3 is 14.8 Å². The first-order chi connectivity index (χ1) is 8.58. The molecule has 1 aliphatic heterocycles. The number of amides is 1. The summed E-state index contributed by atoms with van der Waals surface area (Å²) in [6, 6.07) is 4.72. The van der Waals surface area contributed by atoms with Gasteiger partial charge in [0, 0.05) is 12.1 Å². The number of ether oxygens (including phenoxy) is 2. The van der Waals surface area contributed by atoms with Crippen molar-refractivity contribution < 1.29 is 19.1 Å². The number of hydrogen-bond acceptors (Lipinski definition) is 4. The molecule has 5 heteroatoms. The Morgan fingerprint density at radius 3 is 2.72 bits per heavy atom. The summed E-state index contributed by atoms with van der Waals surface area (Å²) < 4.78 is 10.3. The van der Waals surface area contributed by atoms with Crippen LogP contribution in [0.4, 0.5) is 0 Å². The van der Waals surface area contributed by atoms with Crippen molar-refractivity contribution >= 4 is 11.7 Å². The number of carbonyl (C=O) groups excluding carboxylic acids is 2. The Labute approximate surface area is 105 Å². The van der Waals surface area contributed by atoms with Crippen LogP contribution in [0.2, 0.25) is 0 Å². The molecular formula is C13H15NO4. The van der Waals surface area contributed by atoms with Crippen molar-refractivity contribution in [3.63, 3.8) is 0 Å². The fraction of sp³-hybridized carbons (Fsp3) is 0.385. The molecule has 0 fully saturated rings. The molecule has 0 aromatic heterocycles. The van der Waals surface area contributed by atoms with E-state index in [1.54, 1.807) is 12.1 Å². The first-order valence-electron chi connectivity index (χ1n) is 5.80. The zero-order valence-electron chi connectivity index (χ0n) is 10.4. The van der Waals surface area contributed by atoms with E-state index in [1.807, 2.05) is 13.8 Å². The van der Waals surface area contributed by atoms with E-state index in [2.05, 4.69) is 5.32 Å². The van der Waals surface area contributed by atoms with Crippen LogP contribution in [-0.2, 0) is 4.79 Å². The van der Waals surface area contributed by atoms with Gasteiger partial charge in [-0.25, -0.2) is 0 Å². The molecule has 1 aromatic carbocycles. The highest BCUT2D eigenvalue weighted by Gasteiger charge is 2.20. The minimum Gasteiger partial charge on any atom is -0.454 e. The predicted molar refractivity (Wildman–Crippen MR) is 64.7 cm³/mol. The SMILES string of the molecule is CC(C)CNC(=O)C(=O)c1ccc2c(c1)OCO2. The van der Waals surface area contributed by atoms with Gasteiger partial charge >= 0.3 is 0 Å². The minimum atomic E-state index is -0.595. The molecule has 0 unspecified atom stereocenters. The van der Waals surface area contributed by atoms with Crippen molar-refractivity contribution in [1.29, 1.82) is 0 Å². The first-order valence-corrected chi connectivity index (χ1v) is 5.80. The topological polar surface area (TPSA) is 64.6 Å². The molecule has 0 atom stereocenters. The largest absolute Gasteiger partial charge is 0.454 e. The molecule has 0 radical (unpaired) electrons. The molecule has 18 heavy (non-hydrogen) atoms. The highest BCUT2D eigenvalue weighted by molar-refractivity contribution is 6.42. The van der Waals surface area contributed by atoms with Gasteiger partial charge in [0.25, 0.3) is 5.91 Å². The summed E-state index contributed by atoms with van der Waals surface area (Å²) in [6.45, 7) is 4.55. The van der Waals surface area contributed by atoms with Gasteiger partial charge in [-0.2, -0.15) is 0 Å². The number of rotatable bonds is 4. The molecule has 0 spiro atoms. The maximum atomic E-state index is 11.8. The predicted octanol–water partition coefficient (Wildman–Crippen LogP) is 1.37. The summed E-state index contributed by atoms with van der Waals surface area (Å²) in [5.74, 6) is 0.238. The van der Waals surface area contributed by atoms with Crippen molar-refractivity contribution in [2.75, 3.05) is 13.3 Å². The Bertz CT molecular complexity index is 482. The second-order valence-electron chi connectivity index (χ2n) is 4.50. The van der Waals surface area contributed by atoms with Crippen LogP contribution < -0.4 is 14.8 Å². The number of nitrogens with one attached hydrogen (secondary N) is 1. The summed E-state index contributed by atoms with van der Waals surface area (Å²) in [6.07, 6.45) is 0. The van der Waals surface area contributed by atoms with Gasteiger partial charge in [0.1, 0.15) is 0 Å².